The number of fused-ring (bicyclic) bond motifs is 1. The predicted octanol–water partition coefficient (Wildman–Crippen LogP) is 3.64. The van der Waals surface area contributed by atoms with Crippen LogP contribution in [0, 0.1) is 12.8 Å². The lowest BCUT2D eigenvalue weighted by Crippen LogP contribution is -2.38. The molecule has 0 spiro atoms. The van der Waals surface area contributed by atoms with Crippen molar-refractivity contribution in [3.8, 4) is 11.3 Å². The van der Waals surface area contributed by atoms with Gasteiger partial charge in [-0.25, -0.2) is 18.4 Å². The Kier molecular flexibility index (Phi) is 5.28. The van der Waals surface area contributed by atoms with Crippen LogP contribution in [0.4, 0.5) is 0 Å². The average molecular weight is 453 g/mol. The van der Waals surface area contributed by atoms with E-state index in [1.54, 1.807) is 0 Å². The van der Waals surface area contributed by atoms with Gasteiger partial charge in [0.2, 0.25) is 0 Å². The van der Waals surface area contributed by atoms with Crippen LogP contribution in [0.3, 0.4) is 0 Å². The molecule has 7 nitrogen and oxygen atoms in total. The van der Waals surface area contributed by atoms with E-state index < -0.39 is 9.84 Å². The molecule has 5 rings (SSSR count). The zero-order valence-electron chi connectivity index (χ0n) is 18.5. The topological polar surface area (TPSA) is 85.2 Å². The second-order valence-corrected chi connectivity index (χ2v) is 11.4. The van der Waals surface area contributed by atoms with Crippen LogP contribution >= 0.6 is 0 Å². The Morgan fingerprint density at radius 1 is 1.06 bits per heavy atom. The second kappa shape index (κ2) is 7.99. The maximum Gasteiger partial charge on any atom is 0.274 e. The first-order chi connectivity index (χ1) is 15.3. The molecule has 32 heavy (non-hydrogen) atoms. The van der Waals surface area contributed by atoms with Crippen LogP contribution in [-0.2, 0) is 9.84 Å². The number of hydrogen-bond acceptors (Lipinski definition) is 5. The van der Waals surface area contributed by atoms with Crippen LogP contribution in [0.5, 0.6) is 0 Å². The number of piperidine rings is 1. The van der Waals surface area contributed by atoms with Crippen LogP contribution in [0.2, 0.25) is 0 Å². The highest BCUT2D eigenvalue weighted by Gasteiger charge is 2.33. The number of aryl methyl sites for hydroxylation is 1. The fourth-order valence-corrected chi connectivity index (χ4v) is 6.62. The Morgan fingerprint density at radius 3 is 2.44 bits per heavy atom. The molecule has 8 heteroatoms. The number of sulfone groups is 1. The lowest BCUT2D eigenvalue weighted by Gasteiger charge is -2.30. The molecule has 0 aliphatic carbocycles. The third kappa shape index (κ3) is 3.81. The number of likely N-dealkylation sites (tertiary alicyclic amines) is 1. The van der Waals surface area contributed by atoms with Crippen LogP contribution < -0.4 is 0 Å². The monoisotopic (exact) mass is 452 g/mol. The number of carbonyl (C=O) groups excluding carboxylic acids is 1. The molecule has 1 amide bonds. The van der Waals surface area contributed by atoms with Crippen molar-refractivity contribution in [1.82, 2.24) is 19.4 Å². The first kappa shape index (κ1) is 21.1. The van der Waals surface area contributed by atoms with Crippen LogP contribution in [0.25, 0.3) is 22.3 Å². The lowest BCUT2D eigenvalue weighted by molar-refractivity contribution is 0.0693. The summed E-state index contributed by atoms with van der Waals surface area (Å²) < 4.78 is 26.3. The van der Waals surface area contributed by atoms with Gasteiger partial charge in [0.1, 0.15) is 11.3 Å². The van der Waals surface area contributed by atoms with Gasteiger partial charge < -0.3 is 9.47 Å². The summed E-state index contributed by atoms with van der Waals surface area (Å²) in [4.78, 5) is 25.0. The predicted molar refractivity (Wildman–Crippen MR) is 124 cm³/mol. The minimum Gasteiger partial charge on any atom is -0.337 e. The summed E-state index contributed by atoms with van der Waals surface area (Å²) in [5.41, 5.74) is 3.33. The molecular formula is C24H28N4O3S. The smallest absolute Gasteiger partial charge is 0.274 e. The van der Waals surface area contributed by atoms with Gasteiger partial charge in [0, 0.05) is 18.7 Å². The number of benzene rings is 1. The molecule has 2 saturated heterocycles. The van der Waals surface area contributed by atoms with Crippen molar-refractivity contribution in [3.63, 3.8) is 0 Å². The molecule has 1 aromatic carbocycles. The lowest BCUT2D eigenvalue weighted by atomic mass is 9.99. The van der Waals surface area contributed by atoms with E-state index in [0.29, 0.717) is 29.2 Å². The molecule has 4 heterocycles. The van der Waals surface area contributed by atoms with E-state index in [-0.39, 0.29) is 23.5 Å². The normalized spacial score (nSPS) is 21.3. The highest BCUT2D eigenvalue weighted by Crippen LogP contribution is 2.33. The summed E-state index contributed by atoms with van der Waals surface area (Å²) in [6, 6.07) is 11.6. The number of pyridine rings is 1. The molecular weight excluding hydrogens is 424 g/mol. The van der Waals surface area contributed by atoms with Gasteiger partial charge in [0.15, 0.2) is 15.5 Å². The Morgan fingerprint density at radius 2 is 1.78 bits per heavy atom. The van der Waals surface area contributed by atoms with Gasteiger partial charge in [-0.2, -0.15) is 0 Å². The Hall–Kier alpha value is -2.74. The van der Waals surface area contributed by atoms with Gasteiger partial charge in [-0.3, -0.25) is 4.79 Å². The van der Waals surface area contributed by atoms with Crippen LogP contribution in [0.15, 0.2) is 36.4 Å². The number of aromatic nitrogens is 3. The van der Waals surface area contributed by atoms with E-state index >= 15 is 0 Å². The third-order valence-corrected chi connectivity index (χ3v) is 8.52. The zero-order chi connectivity index (χ0) is 22.5. The first-order valence-electron chi connectivity index (χ1n) is 11.3. The van der Waals surface area contributed by atoms with Crippen molar-refractivity contribution in [3.05, 3.63) is 47.9 Å². The number of carbonyl (C=O) groups is 1. The van der Waals surface area contributed by atoms with Crippen molar-refractivity contribution in [2.45, 2.75) is 39.2 Å². The average Bonchev–Trinajstić information content (AvgIpc) is 3.31. The number of rotatable bonds is 3. The van der Waals surface area contributed by atoms with Crippen LogP contribution in [0.1, 0.15) is 48.5 Å². The van der Waals surface area contributed by atoms with Gasteiger partial charge in [-0.1, -0.05) is 37.3 Å². The van der Waals surface area contributed by atoms with E-state index in [1.165, 1.54) is 0 Å². The molecule has 168 valence electrons. The largest absolute Gasteiger partial charge is 0.337 e. The highest BCUT2D eigenvalue weighted by molar-refractivity contribution is 7.91. The second-order valence-electron chi connectivity index (χ2n) is 9.15. The molecule has 0 saturated carbocycles. The van der Waals surface area contributed by atoms with E-state index in [2.05, 4.69) is 6.92 Å². The third-order valence-electron chi connectivity index (χ3n) is 6.77. The summed E-state index contributed by atoms with van der Waals surface area (Å²) in [6.45, 7) is 5.54. The molecule has 2 aliphatic rings. The van der Waals surface area contributed by atoms with Crippen molar-refractivity contribution < 1.29 is 13.2 Å². The number of hydrogen-bond donors (Lipinski definition) is 0. The SMILES string of the molecule is Cc1nc2c(C(=O)N3CCC(C)CC3)nc(-c3ccccc3)cc2n1C1CCS(=O)(=O)C1. The van der Waals surface area contributed by atoms with Gasteiger partial charge in [-0.05, 0) is 38.2 Å². The van der Waals surface area contributed by atoms with E-state index in [1.807, 2.05) is 52.8 Å². The first-order valence-corrected chi connectivity index (χ1v) is 13.1. The zero-order valence-corrected chi connectivity index (χ0v) is 19.3. The fourth-order valence-electron chi connectivity index (χ4n) is 4.92. The van der Waals surface area contributed by atoms with Crippen molar-refractivity contribution in [1.29, 1.82) is 0 Å². The van der Waals surface area contributed by atoms with E-state index in [9.17, 15) is 13.2 Å². The van der Waals surface area contributed by atoms with Gasteiger partial charge in [0.25, 0.3) is 5.91 Å². The molecule has 0 N–H and O–H groups in total. The Bertz CT molecular complexity index is 1280. The quantitative estimate of drug-likeness (QED) is 0.606. The van der Waals surface area contributed by atoms with Gasteiger partial charge in [0.05, 0.1) is 28.8 Å². The minimum atomic E-state index is -3.06. The Balaban J connectivity index is 1.67. The van der Waals surface area contributed by atoms with Gasteiger partial charge in [-0.15, -0.1) is 0 Å². The number of nitrogens with zero attached hydrogens (tertiary/aromatic N) is 4. The molecule has 1 unspecified atom stereocenters. The van der Waals surface area contributed by atoms with E-state index in [4.69, 9.17) is 9.97 Å². The molecule has 1 atom stereocenters. The van der Waals surface area contributed by atoms with Crippen molar-refractivity contribution in [2.24, 2.45) is 5.92 Å². The summed E-state index contributed by atoms with van der Waals surface area (Å²) in [6.07, 6.45) is 2.53. The number of amides is 1. The maximum absolute atomic E-state index is 13.6. The number of imidazole rings is 1. The van der Waals surface area contributed by atoms with E-state index in [0.717, 1.165) is 42.8 Å². The summed E-state index contributed by atoms with van der Waals surface area (Å²) >= 11 is 0. The maximum atomic E-state index is 13.6. The standard InChI is InChI=1S/C24H28N4O3S/c1-16-8-11-27(12-9-16)24(29)23-22-21(14-20(26-23)18-6-4-3-5-7-18)28(17(2)25-22)19-10-13-32(30,31)15-19/h3-7,14,16,19H,8-13,15H2,1-2H3. The molecule has 0 radical (unpaired) electrons. The highest BCUT2D eigenvalue weighted by atomic mass is 32.2. The fraction of sp³-hybridized carbons (Fsp3) is 0.458. The summed E-state index contributed by atoms with van der Waals surface area (Å²) in [5.74, 6) is 1.54. The molecule has 0 bridgehead atoms. The van der Waals surface area contributed by atoms with Crippen LogP contribution in [-0.4, -0.2) is 58.4 Å². The summed E-state index contributed by atoms with van der Waals surface area (Å²) in [7, 11) is -3.06. The molecule has 2 fully saturated rings. The van der Waals surface area contributed by atoms with Crippen molar-refractivity contribution >= 4 is 26.8 Å². The van der Waals surface area contributed by atoms with Gasteiger partial charge >= 0.3 is 0 Å². The Labute approximate surface area is 188 Å². The minimum absolute atomic E-state index is 0.0941. The molecule has 3 aromatic rings. The summed E-state index contributed by atoms with van der Waals surface area (Å²) in [5, 5.41) is 0. The molecule has 2 aliphatic heterocycles. The molecule has 2 aromatic heterocycles. The van der Waals surface area contributed by atoms with Crippen molar-refractivity contribution in [2.75, 3.05) is 24.6 Å².